The van der Waals surface area contributed by atoms with E-state index < -0.39 is 160 Å². The number of amides is 1. The summed E-state index contributed by atoms with van der Waals surface area (Å²) in [7, 11) is 0. The second kappa shape index (κ2) is 30.4. The molecule has 0 radical (unpaired) electrons. The lowest BCUT2D eigenvalue weighted by Crippen LogP contribution is -2.60. The van der Waals surface area contributed by atoms with Crippen LogP contribution in [-0.2, 0) is 28.5 Å². The molecule has 0 aromatic rings. The topological polar surface area (TPSA) is 352 Å². The van der Waals surface area contributed by atoms with Crippen LogP contribution in [-0.4, -0.2) is 190 Å². The second-order valence-electron chi connectivity index (χ2n) is 18.4. The van der Waals surface area contributed by atoms with Crippen LogP contribution in [0, 0.1) is 17.8 Å². The lowest BCUT2D eigenvalue weighted by atomic mass is 9.82. The molecule has 20 heteroatoms. The van der Waals surface area contributed by atoms with Crippen LogP contribution in [0.1, 0.15) is 72.1 Å². The van der Waals surface area contributed by atoms with Crippen LogP contribution in [0.5, 0.6) is 0 Å². The molecule has 3 aliphatic rings. The van der Waals surface area contributed by atoms with E-state index in [2.05, 4.69) is 5.32 Å². The van der Waals surface area contributed by atoms with Crippen molar-refractivity contribution in [3.8, 4) is 0 Å². The van der Waals surface area contributed by atoms with Crippen molar-refractivity contribution in [1.29, 1.82) is 0 Å². The zero-order valence-electron chi connectivity index (χ0n) is 39.6. The van der Waals surface area contributed by atoms with Gasteiger partial charge in [-0.25, -0.2) is 0 Å². The SMILES string of the molecule is C[C@@H]1[C@H](O)[C@@H](C)/C=C/C=C/C=C/C=C/C=C/C=C/C=C/C(O[C@@H]2OC[C@@H](O)[C@H](N)[C@H]2O)C[C@@H]2OC(O)(CC(O)CC(O)C(O)CCC(O)CC(O)CC(=O)O[C@H]1C)C[C@H](O)C2C(=O)NC(CO)CO. The van der Waals surface area contributed by atoms with Crippen molar-refractivity contribution >= 4 is 11.9 Å². The maximum absolute atomic E-state index is 13.7. The van der Waals surface area contributed by atoms with Crippen molar-refractivity contribution in [2.24, 2.45) is 23.5 Å². The van der Waals surface area contributed by atoms with Gasteiger partial charge in [-0.2, -0.15) is 0 Å². The molecule has 15 N–H and O–H groups in total. The average Bonchev–Trinajstić information content (AvgIpc) is 3.28. The van der Waals surface area contributed by atoms with Crippen molar-refractivity contribution in [2.75, 3.05) is 19.8 Å². The molecule has 18 atom stereocenters. The van der Waals surface area contributed by atoms with Gasteiger partial charge >= 0.3 is 5.97 Å². The molecule has 392 valence electrons. The molecule has 0 aromatic heterocycles. The van der Waals surface area contributed by atoms with E-state index in [4.69, 9.17) is 24.7 Å². The number of carbonyl (C=O) groups is 2. The molecular formula is C49H78N2O18. The summed E-state index contributed by atoms with van der Waals surface area (Å²) in [5.74, 6) is -6.17. The first kappa shape index (κ1) is 59.8. The van der Waals surface area contributed by atoms with E-state index in [-0.39, 0.29) is 38.2 Å². The van der Waals surface area contributed by atoms with Gasteiger partial charge in [0.25, 0.3) is 0 Å². The van der Waals surface area contributed by atoms with Crippen LogP contribution in [0.2, 0.25) is 0 Å². The number of rotatable bonds is 6. The zero-order valence-corrected chi connectivity index (χ0v) is 39.6. The normalized spacial score (nSPS) is 42.5. The summed E-state index contributed by atoms with van der Waals surface area (Å²) >= 11 is 0. The molecule has 2 bridgehead atoms. The van der Waals surface area contributed by atoms with Gasteiger partial charge in [-0.1, -0.05) is 98.9 Å². The lowest BCUT2D eigenvalue weighted by molar-refractivity contribution is -0.304. The van der Waals surface area contributed by atoms with Gasteiger partial charge in [0.05, 0.1) is 105 Å². The summed E-state index contributed by atoms with van der Waals surface area (Å²) in [6, 6.07) is -2.27. The Kier molecular flexibility index (Phi) is 26.3. The van der Waals surface area contributed by atoms with E-state index in [0.29, 0.717) is 0 Å². The van der Waals surface area contributed by atoms with Crippen LogP contribution in [0.15, 0.2) is 85.1 Å². The van der Waals surface area contributed by atoms with Crippen molar-refractivity contribution < 1.29 is 89.8 Å². The van der Waals surface area contributed by atoms with Crippen molar-refractivity contribution in [1.82, 2.24) is 5.32 Å². The molecule has 1 amide bonds. The second-order valence-corrected chi connectivity index (χ2v) is 18.4. The van der Waals surface area contributed by atoms with Crippen LogP contribution in [0.25, 0.3) is 0 Å². The van der Waals surface area contributed by atoms with Crippen LogP contribution in [0.4, 0.5) is 0 Å². The molecule has 8 unspecified atom stereocenters. The Morgan fingerprint density at radius 2 is 1.30 bits per heavy atom. The summed E-state index contributed by atoms with van der Waals surface area (Å²) in [5.41, 5.74) is 5.98. The van der Waals surface area contributed by atoms with Gasteiger partial charge in [0.15, 0.2) is 12.1 Å². The number of allylic oxidation sites excluding steroid dienone is 12. The van der Waals surface area contributed by atoms with E-state index in [1.54, 1.807) is 86.8 Å². The predicted molar refractivity (Wildman–Crippen MR) is 251 cm³/mol. The number of hydrogen-bond acceptors (Lipinski definition) is 19. The summed E-state index contributed by atoms with van der Waals surface area (Å²) in [6.07, 6.45) is 4.16. The molecule has 0 aromatic carbocycles. The number of aliphatic hydroxyl groups excluding tert-OH is 11. The number of esters is 1. The average molecular weight is 983 g/mol. The number of carbonyl (C=O) groups excluding carboxylic acids is 2. The first-order valence-electron chi connectivity index (χ1n) is 23.6. The fraction of sp³-hybridized carbons (Fsp3) is 0.673. The lowest BCUT2D eigenvalue weighted by Gasteiger charge is -2.46. The van der Waals surface area contributed by atoms with E-state index in [1.165, 1.54) is 6.08 Å². The van der Waals surface area contributed by atoms with Gasteiger partial charge in [0.1, 0.15) is 12.2 Å². The smallest absolute Gasteiger partial charge is 0.308 e. The van der Waals surface area contributed by atoms with Crippen LogP contribution >= 0.6 is 0 Å². The fourth-order valence-electron chi connectivity index (χ4n) is 8.19. The maximum Gasteiger partial charge on any atom is 0.308 e. The van der Waals surface area contributed by atoms with Gasteiger partial charge in [-0.05, 0) is 26.2 Å². The molecule has 69 heavy (non-hydrogen) atoms. The Morgan fingerprint density at radius 1 is 0.725 bits per heavy atom. The third-order valence-electron chi connectivity index (χ3n) is 12.5. The van der Waals surface area contributed by atoms with Crippen LogP contribution in [0.3, 0.4) is 0 Å². The number of cyclic esters (lactones) is 1. The molecule has 0 aliphatic carbocycles. The predicted octanol–water partition coefficient (Wildman–Crippen LogP) is -1.29. The Hall–Kier alpha value is -3.52. The van der Waals surface area contributed by atoms with Gasteiger partial charge in [0, 0.05) is 37.5 Å². The molecule has 0 spiro atoms. The molecule has 3 heterocycles. The zero-order chi connectivity index (χ0) is 51.3. The van der Waals surface area contributed by atoms with E-state index in [0.717, 1.165) is 0 Å². The minimum atomic E-state index is -2.35. The van der Waals surface area contributed by atoms with Gasteiger partial charge < -0.3 is 91.3 Å². The Labute approximate surface area is 404 Å². The van der Waals surface area contributed by atoms with E-state index >= 15 is 0 Å². The highest BCUT2D eigenvalue weighted by Crippen LogP contribution is 2.38. The number of fused-ring (bicyclic) bond motifs is 2. The highest BCUT2D eigenvalue weighted by atomic mass is 16.7. The fourth-order valence-corrected chi connectivity index (χ4v) is 8.19. The van der Waals surface area contributed by atoms with Gasteiger partial charge in [0.2, 0.25) is 5.91 Å². The Morgan fingerprint density at radius 3 is 1.90 bits per heavy atom. The standard InChI is InChI=1S/C49H78N2O18/c1-29-16-14-12-10-8-6-4-5-7-9-11-13-15-17-36(68-48-46(63)44(50)40(60)28-66-48)23-41-43(47(64)51-32(26-52)27-53)39(59)25-49(65,69-41)24-35(56)21-38(58)37(57)19-18-33(54)20-34(55)22-42(61)67-31(3)30(2)45(29)62/h4-17,29-41,43-46,48,52-60,62-63,65H,18-28,50H2,1-3H3,(H,51,64)/b5-4+,8-6+,9-7+,12-10+,13-11+,16-14+,17-15+/t29-,30-,31-,33?,34?,35?,36?,37?,38?,39-,40+,41-,43?,44-,45+,46+,48-,49?/m0/s1. The minimum Gasteiger partial charge on any atom is -0.462 e. The Balaban J connectivity index is 1.92. The Bertz CT molecular complexity index is 1740. The number of nitrogens with two attached hydrogens (primary N) is 1. The number of nitrogens with one attached hydrogen (secondary N) is 1. The first-order valence-corrected chi connectivity index (χ1v) is 23.6. The number of aliphatic hydroxyl groups is 12. The molecule has 2 fully saturated rings. The van der Waals surface area contributed by atoms with Crippen molar-refractivity contribution in [2.45, 2.75) is 170 Å². The summed E-state index contributed by atoms with van der Waals surface area (Å²) < 4.78 is 23.2. The van der Waals surface area contributed by atoms with Gasteiger partial charge in [-0.3, -0.25) is 9.59 Å². The monoisotopic (exact) mass is 983 g/mol. The summed E-state index contributed by atoms with van der Waals surface area (Å²) in [5, 5.41) is 131. The first-order chi connectivity index (χ1) is 32.7. The molecule has 3 aliphatic heterocycles. The quantitative estimate of drug-likeness (QED) is 0.138. The molecule has 3 rings (SSSR count). The molecular weight excluding hydrogens is 905 g/mol. The van der Waals surface area contributed by atoms with E-state index in [9.17, 15) is 70.9 Å². The van der Waals surface area contributed by atoms with Crippen LogP contribution < -0.4 is 11.1 Å². The highest BCUT2D eigenvalue weighted by Gasteiger charge is 2.51. The summed E-state index contributed by atoms with van der Waals surface area (Å²) in [4.78, 5) is 26.3. The molecule has 2 saturated heterocycles. The maximum atomic E-state index is 13.7. The van der Waals surface area contributed by atoms with Gasteiger partial charge in [-0.15, -0.1) is 0 Å². The molecule has 20 nitrogen and oxygen atoms in total. The number of ether oxygens (including phenoxy) is 4. The third-order valence-corrected chi connectivity index (χ3v) is 12.5. The van der Waals surface area contributed by atoms with E-state index in [1.807, 2.05) is 13.0 Å². The molecule has 0 saturated carbocycles. The summed E-state index contributed by atoms with van der Waals surface area (Å²) in [6.45, 7) is 3.62. The highest BCUT2D eigenvalue weighted by molar-refractivity contribution is 5.80. The largest absolute Gasteiger partial charge is 0.462 e. The third kappa shape index (κ3) is 20.6. The minimum absolute atomic E-state index is 0.120. The van der Waals surface area contributed by atoms with Crippen molar-refractivity contribution in [3.63, 3.8) is 0 Å². The number of hydrogen-bond donors (Lipinski definition) is 14. The van der Waals surface area contributed by atoms with Crippen molar-refractivity contribution in [3.05, 3.63) is 85.1 Å².